The van der Waals surface area contributed by atoms with Crippen molar-refractivity contribution in [2.75, 3.05) is 20.8 Å². The van der Waals surface area contributed by atoms with Crippen molar-refractivity contribution in [2.24, 2.45) is 0 Å². The predicted molar refractivity (Wildman–Crippen MR) is 41.9 cm³/mol. The summed E-state index contributed by atoms with van der Waals surface area (Å²) in [5.41, 5.74) is 0. The van der Waals surface area contributed by atoms with E-state index >= 15 is 0 Å². The summed E-state index contributed by atoms with van der Waals surface area (Å²) in [6.07, 6.45) is 0.995. The fourth-order valence-electron chi connectivity index (χ4n) is 0.489. The minimum atomic E-state index is -2.22. The normalized spacial score (nSPS) is 12.0. The molecule has 0 saturated heterocycles. The molecule has 0 aromatic rings. The average Bonchev–Trinajstić information content (AvgIpc) is 2.00. The van der Waals surface area contributed by atoms with Crippen molar-refractivity contribution in [1.29, 1.82) is 0 Å². The van der Waals surface area contributed by atoms with E-state index in [2.05, 4.69) is 6.92 Å². The molecule has 0 aromatic carbocycles. The molecule has 0 unspecified atom stereocenters. The lowest BCUT2D eigenvalue weighted by molar-refractivity contribution is 0.106. The van der Waals surface area contributed by atoms with Gasteiger partial charge in [-0.3, -0.25) is 0 Å². The molecule has 3 nitrogen and oxygen atoms in total. The molecule has 10 heavy (non-hydrogen) atoms. The summed E-state index contributed by atoms with van der Waals surface area (Å²) >= 11 is 0. The zero-order valence-corrected chi connectivity index (χ0v) is 8.14. The van der Waals surface area contributed by atoms with Gasteiger partial charge in [-0.2, -0.15) is 0 Å². The first-order valence-electron chi connectivity index (χ1n) is 3.42. The fourth-order valence-corrected chi connectivity index (χ4v) is 1.47. The highest BCUT2D eigenvalue weighted by atomic mass is 28.4. The molecule has 0 rings (SSSR count). The van der Waals surface area contributed by atoms with Crippen LogP contribution in [0.3, 0.4) is 0 Å². The van der Waals surface area contributed by atoms with Gasteiger partial charge < -0.3 is 13.3 Å². The maximum absolute atomic E-state index is 5.37. The van der Waals surface area contributed by atoms with Gasteiger partial charge in [0.05, 0.1) is 0 Å². The molecule has 0 aliphatic heterocycles. The van der Waals surface area contributed by atoms with Crippen molar-refractivity contribution in [1.82, 2.24) is 0 Å². The minimum absolute atomic E-state index is 0.713. The molecular weight excluding hydrogens is 148 g/mol. The lowest BCUT2D eigenvalue weighted by atomic mass is 10.5. The maximum atomic E-state index is 5.37. The van der Waals surface area contributed by atoms with Gasteiger partial charge in [0.25, 0.3) is 0 Å². The Morgan fingerprint density at radius 2 is 1.70 bits per heavy atom. The van der Waals surface area contributed by atoms with E-state index in [1.807, 2.05) is 6.55 Å². The smallest absolute Gasteiger partial charge is 0.377 e. The van der Waals surface area contributed by atoms with Crippen molar-refractivity contribution in [3.05, 3.63) is 0 Å². The second-order valence-electron chi connectivity index (χ2n) is 2.12. The third-order valence-electron chi connectivity index (χ3n) is 1.31. The Kier molecular flexibility index (Phi) is 4.89. The molecule has 0 amide bonds. The summed E-state index contributed by atoms with van der Waals surface area (Å²) in [5, 5.41) is 0. The van der Waals surface area contributed by atoms with Crippen LogP contribution in [0.1, 0.15) is 13.3 Å². The van der Waals surface area contributed by atoms with Gasteiger partial charge in [-0.25, -0.2) is 0 Å². The molecule has 0 fully saturated rings. The van der Waals surface area contributed by atoms with Crippen molar-refractivity contribution in [3.8, 4) is 0 Å². The van der Waals surface area contributed by atoms with Crippen LogP contribution in [0.5, 0.6) is 0 Å². The second-order valence-corrected chi connectivity index (χ2v) is 4.95. The van der Waals surface area contributed by atoms with E-state index in [-0.39, 0.29) is 0 Å². The first-order chi connectivity index (χ1) is 4.68. The van der Waals surface area contributed by atoms with E-state index in [9.17, 15) is 0 Å². The number of rotatable bonds is 5. The Bertz CT molecular complexity index is 83.1. The van der Waals surface area contributed by atoms with Crippen LogP contribution in [0.2, 0.25) is 6.55 Å². The number of hydrogen-bond acceptors (Lipinski definition) is 3. The van der Waals surface area contributed by atoms with Crippen LogP contribution in [0.15, 0.2) is 0 Å². The molecule has 0 N–H and O–H groups in total. The van der Waals surface area contributed by atoms with E-state index < -0.39 is 8.80 Å². The van der Waals surface area contributed by atoms with Crippen molar-refractivity contribution in [2.45, 2.75) is 19.9 Å². The van der Waals surface area contributed by atoms with Gasteiger partial charge in [-0.05, 0) is 6.42 Å². The summed E-state index contributed by atoms with van der Waals surface area (Å²) in [6.45, 7) is 4.65. The summed E-state index contributed by atoms with van der Waals surface area (Å²) in [6, 6.07) is 0. The molecule has 0 spiro atoms. The van der Waals surface area contributed by atoms with Gasteiger partial charge in [0, 0.05) is 27.4 Å². The Morgan fingerprint density at radius 3 is 2.00 bits per heavy atom. The lowest BCUT2D eigenvalue weighted by Crippen LogP contribution is -2.40. The van der Waals surface area contributed by atoms with Crippen molar-refractivity contribution < 1.29 is 13.3 Å². The van der Waals surface area contributed by atoms with Crippen molar-refractivity contribution >= 4 is 8.80 Å². The molecule has 0 radical (unpaired) electrons. The third-order valence-corrected chi connectivity index (χ3v) is 3.52. The number of hydrogen-bond donors (Lipinski definition) is 0. The van der Waals surface area contributed by atoms with Gasteiger partial charge >= 0.3 is 8.80 Å². The highest BCUT2D eigenvalue weighted by molar-refractivity contribution is 6.59. The largest absolute Gasteiger partial charge is 0.497 e. The van der Waals surface area contributed by atoms with Gasteiger partial charge in [0.1, 0.15) is 0 Å². The quantitative estimate of drug-likeness (QED) is 0.573. The fraction of sp³-hybridized carbons (Fsp3) is 1.00. The van der Waals surface area contributed by atoms with Gasteiger partial charge in [0.15, 0.2) is 0 Å². The molecule has 0 heterocycles. The van der Waals surface area contributed by atoms with Crippen LogP contribution in [0.25, 0.3) is 0 Å². The second kappa shape index (κ2) is 4.84. The standard InChI is InChI=1S/C6H16O3Si/c1-5-6-9-10(4,7-2)8-3/h5-6H2,1-4H3. The maximum Gasteiger partial charge on any atom is 0.497 e. The van der Waals surface area contributed by atoms with Crippen molar-refractivity contribution in [3.63, 3.8) is 0 Å². The Labute approximate surface area is 63.7 Å². The van der Waals surface area contributed by atoms with Gasteiger partial charge in [0.2, 0.25) is 0 Å². The minimum Gasteiger partial charge on any atom is -0.377 e. The van der Waals surface area contributed by atoms with Gasteiger partial charge in [-0.1, -0.05) is 6.92 Å². The lowest BCUT2D eigenvalue weighted by Gasteiger charge is -2.21. The van der Waals surface area contributed by atoms with Crippen LogP contribution < -0.4 is 0 Å². The van der Waals surface area contributed by atoms with Crippen LogP contribution >= 0.6 is 0 Å². The third kappa shape index (κ3) is 3.31. The molecule has 0 aliphatic carbocycles. The van der Waals surface area contributed by atoms with E-state index in [0.717, 1.165) is 6.42 Å². The molecule has 0 aliphatic rings. The summed E-state index contributed by atoms with van der Waals surface area (Å²) in [4.78, 5) is 0. The summed E-state index contributed by atoms with van der Waals surface area (Å²) in [5.74, 6) is 0. The Morgan fingerprint density at radius 1 is 1.20 bits per heavy atom. The SMILES string of the molecule is CCCO[Si](C)(OC)OC. The monoisotopic (exact) mass is 164 g/mol. The predicted octanol–water partition coefficient (Wildman–Crippen LogP) is 1.27. The topological polar surface area (TPSA) is 27.7 Å². The Balaban J connectivity index is 3.58. The summed E-state index contributed by atoms with van der Waals surface area (Å²) < 4.78 is 15.5. The van der Waals surface area contributed by atoms with Crippen LogP contribution in [0, 0.1) is 0 Å². The Hall–Kier alpha value is 0.0969. The highest BCUT2D eigenvalue weighted by Gasteiger charge is 2.31. The molecule has 62 valence electrons. The average molecular weight is 164 g/mol. The molecule has 0 aromatic heterocycles. The zero-order chi connectivity index (χ0) is 8.04. The molecule has 0 bridgehead atoms. The molecule has 0 saturated carbocycles. The van der Waals surface area contributed by atoms with Crippen LogP contribution in [0.4, 0.5) is 0 Å². The van der Waals surface area contributed by atoms with E-state index in [1.54, 1.807) is 14.2 Å². The van der Waals surface area contributed by atoms with Crippen LogP contribution in [-0.2, 0) is 13.3 Å². The first kappa shape index (κ1) is 10.1. The molecule has 0 atom stereocenters. The highest BCUT2D eigenvalue weighted by Crippen LogP contribution is 2.05. The summed E-state index contributed by atoms with van der Waals surface area (Å²) in [7, 11) is 1.01. The first-order valence-corrected chi connectivity index (χ1v) is 5.65. The molecule has 4 heteroatoms. The van der Waals surface area contributed by atoms with Gasteiger partial charge in [-0.15, -0.1) is 0 Å². The van der Waals surface area contributed by atoms with Crippen LogP contribution in [-0.4, -0.2) is 29.6 Å². The van der Waals surface area contributed by atoms with E-state index in [4.69, 9.17) is 13.3 Å². The zero-order valence-electron chi connectivity index (χ0n) is 7.14. The molecular formula is C6H16O3Si. The van der Waals surface area contributed by atoms with E-state index in [1.165, 1.54) is 0 Å². The van der Waals surface area contributed by atoms with E-state index in [0.29, 0.717) is 6.61 Å².